The van der Waals surface area contributed by atoms with Crippen LogP contribution in [0.1, 0.15) is 13.3 Å². The summed E-state index contributed by atoms with van der Waals surface area (Å²) in [5.74, 6) is 0.992. The fraction of sp³-hybridized carbons (Fsp3) is 0.294. The van der Waals surface area contributed by atoms with Crippen LogP contribution in [0.15, 0.2) is 42.6 Å². The third kappa shape index (κ3) is 3.63. The highest BCUT2D eigenvalue weighted by Crippen LogP contribution is 2.29. The van der Waals surface area contributed by atoms with Crippen molar-refractivity contribution in [3.8, 4) is 11.1 Å². The summed E-state index contributed by atoms with van der Waals surface area (Å²) in [6.07, 6.45) is 7.25. The summed E-state index contributed by atoms with van der Waals surface area (Å²) in [4.78, 5) is 10.9. The van der Waals surface area contributed by atoms with E-state index >= 15 is 0 Å². The molecule has 0 radical (unpaired) electrons. The van der Waals surface area contributed by atoms with Gasteiger partial charge in [0.15, 0.2) is 0 Å². The Bertz CT molecular complexity index is 708. The number of benzene rings is 1. The molecule has 0 aliphatic carbocycles. The summed E-state index contributed by atoms with van der Waals surface area (Å²) in [6, 6.07) is 7.66. The lowest BCUT2D eigenvalue weighted by Gasteiger charge is -2.28. The van der Waals surface area contributed by atoms with Crippen LogP contribution < -0.4 is 11.1 Å². The number of halogens is 1. The first-order valence-corrected chi connectivity index (χ1v) is 8.09. The zero-order valence-corrected chi connectivity index (χ0v) is 13.8. The smallest absolute Gasteiger partial charge is 0.221 e. The molecule has 6 heteroatoms. The Labute approximate surface area is 141 Å². The Hall–Kier alpha value is -2.11. The molecule has 0 saturated carbocycles. The van der Waals surface area contributed by atoms with E-state index in [0.29, 0.717) is 5.02 Å². The first kappa shape index (κ1) is 15.8. The quantitative estimate of drug-likeness (QED) is 0.823. The van der Waals surface area contributed by atoms with Crippen LogP contribution in [0.5, 0.6) is 0 Å². The van der Waals surface area contributed by atoms with Gasteiger partial charge in [-0.25, -0.2) is 4.98 Å². The third-order valence-corrected chi connectivity index (χ3v) is 4.16. The van der Waals surface area contributed by atoms with Gasteiger partial charge in [0.1, 0.15) is 5.82 Å². The molecule has 0 bridgehead atoms. The van der Waals surface area contributed by atoms with Gasteiger partial charge in [-0.3, -0.25) is 4.90 Å². The molecule has 3 rings (SSSR count). The van der Waals surface area contributed by atoms with E-state index in [9.17, 15) is 0 Å². The molecular weight excluding hydrogens is 310 g/mol. The summed E-state index contributed by atoms with van der Waals surface area (Å²) < 4.78 is 0. The molecule has 3 N–H and O–H groups in total. The first-order chi connectivity index (χ1) is 11.2. The topological polar surface area (TPSA) is 67.1 Å². The van der Waals surface area contributed by atoms with Crippen LogP contribution in [0.4, 0.5) is 11.8 Å². The van der Waals surface area contributed by atoms with E-state index in [1.807, 2.05) is 24.3 Å². The Morgan fingerprint density at radius 2 is 2.13 bits per heavy atom. The molecule has 1 aromatic carbocycles. The molecule has 5 nitrogen and oxygen atoms in total. The van der Waals surface area contributed by atoms with Crippen molar-refractivity contribution in [1.29, 1.82) is 0 Å². The standard InChI is InChI=1S/C17H20ClN5/c1-2-15(23-8-3-4-9-23)21-16-14(11-20-17(19)22-16)12-6-5-7-13(18)10-12/h3-7,10-11,15H,2,8-9H2,1H3,(H3,19,20,21,22). The number of anilines is 2. The molecule has 2 heterocycles. The Kier molecular flexibility index (Phi) is 4.79. The number of nitrogens with zero attached hydrogens (tertiary/aromatic N) is 3. The summed E-state index contributed by atoms with van der Waals surface area (Å²) in [5.41, 5.74) is 7.65. The van der Waals surface area contributed by atoms with Crippen molar-refractivity contribution in [2.45, 2.75) is 19.5 Å². The average Bonchev–Trinajstić information content (AvgIpc) is 3.07. The Morgan fingerprint density at radius 3 is 2.83 bits per heavy atom. The number of nitrogens with one attached hydrogen (secondary N) is 1. The minimum Gasteiger partial charge on any atom is -0.368 e. The molecule has 120 valence electrons. The van der Waals surface area contributed by atoms with E-state index in [1.165, 1.54) is 0 Å². The van der Waals surface area contributed by atoms with Gasteiger partial charge in [-0.1, -0.05) is 42.8 Å². The van der Waals surface area contributed by atoms with Crippen molar-refractivity contribution < 1.29 is 0 Å². The number of rotatable bonds is 5. The molecule has 0 fully saturated rings. The number of hydrogen-bond donors (Lipinski definition) is 2. The van der Waals surface area contributed by atoms with E-state index in [4.69, 9.17) is 17.3 Å². The summed E-state index contributed by atoms with van der Waals surface area (Å²) in [7, 11) is 0. The van der Waals surface area contributed by atoms with E-state index in [1.54, 1.807) is 6.20 Å². The largest absolute Gasteiger partial charge is 0.368 e. The number of hydrogen-bond acceptors (Lipinski definition) is 5. The molecule has 2 aromatic rings. The highest BCUT2D eigenvalue weighted by molar-refractivity contribution is 6.30. The molecule has 0 saturated heterocycles. The van der Waals surface area contributed by atoms with Crippen LogP contribution in [-0.4, -0.2) is 34.1 Å². The maximum atomic E-state index is 6.11. The second-order valence-electron chi connectivity index (χ2n) is 5.49. The van der Waals surface area contributed by atoms with Gasteiger partial charge in [0, 0.05) is 29.9 Å². The van der Waals surface area contributed by atoms with Crippen LogP contribution in [0, 0.1) is 0 Å². The van der Waals surface area contributed by atoms with Crippen molar-refractivity contribution >= 4 is 23.4 Å². The van der Waals surface area contributed by atoms with Crippen molar-refractivity contribution in [2.75, 3.05) is 24.1 Å². The molecule has 0 spiro atoms. The van der Waals surface area contributed by atoms with Crippen molar-refractivity contribution in [2.24, 2.45) is 0 Å². The van der Waals surface area contributed by atoms with E-state index in [-0.39, 0.29) is 12.1 Å². The molecule has 23 heavy (non-hydrogen) atoms. The predicted molar refractivity (Wildman–Crippen MR) is 95.3 cm³/mol. The van der Waals surface area contributed by atoms with Gasteiger partial charge in [0.25, 0.3) is 0 Å². The zero-order chi connectivity index (χ0) is 16.2. The second kappa shape index (κ2) is 6.98. The van der Waals surface area contributed by atoms with Crippen molar-refractivity contribution in [3.63, 3.8) is 0 Å². The number of nitrogens with two attached hydrogens (primary N) is 1. The molecule has 1 aliphatic heterocycles. The zero-order valence-electron chi connectivity index (χ0n) is 13.0. The molecule has 1 aliphatic rings. The normalized spacial score (nSPS) is 15.7. The summed E-state index contributed by atoms with van der Waals surface area (Å²) in [5, 5.41) is 4.19. The fourth-order valence-electron chi connectivity index (χ4n) is 2.73. The SMILES string of the molecule is CCC(Nc1nc(N)ncc1-c1cccc(Cl)c1)N1CC=CC1. The van der Waals surface area contributed by atoms with Crippen LogP contribution in [0.25, 0.3) is 11.1 Å². The predicted octanol–water partition coefficient (Wildman–Crippen LogP) is 3.40. The molecule has 1 unspecified atom stereocenters. The lowest BCUT2D eigenvalue weighted by atomic mass is 10.1. The van der Waals surface area contributed by atoms with E-state index < -0.39 is 0 Å². The summed E-state index contributed by atoms with van der Waals surface area (Å²) >= 11 is 6.11. The Balaban J connectivity index is 1.92. The fourth-order valence-corrected chi connectivity index (χ4v) is 2.92. The molecule has 0 amide bonds. The molecule has 1 atom stereocenters. The number of nitrogen functional groups attached to an aromatic ring is 1. The Morgan fingerprint density at radius 1 is 1.35 bits per heavy atom. The van der Waals surface area contributed by atoms with Gasteiger partial charge in [-0.2, -0.15) is 4.98 Å². The maximum absolute atomic E-state index is 6.11. The van der Waals surface area contributed by atoms with E-state index in [0.717, 1.165) is 36.5 Å². The van der Waals surface area contributed by atoms with Crippen molar-refractivity contribution in [1.82, 2.24) is 14.9 Å². The van der Waals surface area contributed by atoms with Crippen LogP contribution >= 0.6 is 11.6 Å². The van der Waals surface area contributed by atoms with Crippen molar-refractivity contribution in [3.05, 3.63) is 47.6 Å². The number of aromatic nitrogens is 2. The average molecular weight is 330 g/mol. The van der Waals surface area contributed by atoms with Crippen LogP contribution in [-0.2, 0) is 0 Å². The van der Waals surface area contributed by atoms with Gasteiger partial charge >= 0.3 is 0 Å². The summed E-state index contributed by atoms with van der Waals surface area (Å²) in [6.45, 7) is 4.04. The maximum Gasteiger partial charge on any atom is 0.221 e. The highest BCUT2D eigenvalue weighted by atomic mass is 35.5. The molecule has 1 aromatic heterocycles. The lowest BCUT2D eigenvalue weighted by molar-refractivity contribution is 0.271. The molecular formula is C17H20ClN5. The minimum atomic E-state index is 0.192. The van der Waals surface area contributed by atoms with Gasteiger partial charge in [0.2, 0.25) is 5.95 Å². The van der Waals surface area contributed by atoms with Gasteiger partial charge < -0.3 is 11.1 Å². The van der Waals surface area contributed by atoms with E-state index in [2.05, 4.69) is 39.3 Å². The van der Waals surface area contributed by atoms with Gasteiger partial charge in [-0.05, 0) is 24.1 Å². The van der Waals surface area contributed by atoms with Gasteiger partial charge in [-0.15, -0.1) is 0 Å². The lowest BCUT2D eigenvalue weighted by Crippen LogP contribution is -2.39. The van der Waals surface area contributed by atoms with Crippen LogP contribution in [0.3, 0.4) is 0 Å². The monoisotopic (exact) mass is 329 g/mol. The van der Waals surface area contributed by atoms with Crippen LogP contribution in [0.2, 0.25) is 5.02 Å². The highest BCUT2D eigenvalue weighted by Gasteiger charge is 2.19. The minimum absolute atomic E-state index is 0.192. The second-order valence-corrected chi connectivity index (χ2v) is 5.93. The third-order valence-electron chi connectivity index (χ3n) is 3.92. The first-order valence-electron chi connectivity index (χ1n) is 7.71. The van der Waals surface area contributed by atoms with Gasteiger partial charge in [0.05, 0.1) is 6.17 Å².